The molecule has 0 amide bonds. The van der Waals surface area contributed by atoms with Gasteiger partial charge in [0.15, 0.2) is 0 Å². The van der Waals surface area contributed by atoms with Crippen LogP contribution in [0.1, 0.15) is 101 Å². The Morgan fingerprint density at radius 1 is 0.879 bits per heavy atom. The van der Waals surface area contributed by atoms with Gasteiger partial charge in [-0.15, -0.1) is 0 Å². The molecule has 302 valence electrons. The fourth-order valence-electron chi connectivity index (χ4n) is 11.5. The number of phenolic OH excluding ortho intramolecular Hbond substituents is 1. The number of carbonyl (C=O) groups excluding carboxylic acids is 2. The molecule has 3 N–H and O–H groups in total. The molecular formula is C51H57NO6. The lowest BCUT2D eigenvalue weighted by Crippen LogP contribution is -2.52. The van der Waals surface area contributed by atoms with Crippen LogP contribution in [-0.4, -0.2) is 34.8 Å². The number of ether oxygens (including phenoxy) is 2. The molecule has 2 heterocycles. The summed E-state index contributed by atoms with van der Waals surface area (Å²) in [5.41, 5.74) is 7.77. The molecule has 2 bridgehead atoms. The largest absolute Gasteiger partial charge is 0.508 e. The highest BCUT2D eigenvalue weighted by Gasteiger charge is 2.68. The lowest BCUT2D eigenvalue weighted by molar-refractivity contribution is -0.135. The van der Waals surface area contributed by atoms with Crippen molar-refractivity contribution >= 4 is 17.5 Å². The predicted molar refractivity (Wildman–Crippen MR) is 226 cm³/mol. The second kappa shape index (κ2) is 16.1. The van der Waals surface area contributed by atoms with Crippen molar-refractivity contribution in [3.05, 3.63) is 130 Å². The molecule has 3 fully saturated rings. The molecule has 10 rings (SSSR count). The van der Waals surface area contributed by atoms with Crippen molar-refractivity contribution in [1.29, 1.82) is 0 Å². The van der Waals surface area contributed by atoms with Crippen LogP contribution >= 0.6 is 0 Å². The van der Waals surface area contributed by atoms with Gasteiger partial charge < -0.3 is 25.0 Å². The molecule has 3 aromatic rings. The Bertz CT molecular complexity index is 2210. The maximum atomic E-state index is 14.8. The Balaban J connectivity index is 1.19. The number of hydrogen-bond donors (Lipinski definition) is 3. The van der Waals surface area contributed by atoms with Crippen LogP contribution in [0.2, 0.25) is 0 Å². The quantitative estimate of drug-likeness (QED) is 0.157. The van der Waals surface area contributed by atoms with Crippen molar-refractivity contribution in [2.75, 3.05) is 6.61 Å². The van der Waals surface area contributed by atoms with Crippen molar-refractivity contribution in [3.63, 3.8) is 0 Å². The average Bonchev–Trinajstić information content (AvgIpc) is 3.74. The highest BCUT2D eigenvalue weighted by molar-refractivity contribution is 6.07. The summed E-state index contributed by atoms with van der Waals surface area (Å²) in [4.78, 5) is 29.0. The number of nitrogens with one attached hydrogen (secondary N) is 1. The van der Waals surface area contributed by atoms with Crippen LogP contribution in [0.15, 0.2) is 113 Å². The molecule has 0 aromatic heterocycles. The predicted octanol–water partition coefficient (Wildman–Crippen LogP) is 10.1. The molecule has 2 saturated carbocycles. The smallest absolute Gasteiger partial charge is 0.340 e. The Morgan fingerprint density at radius 3 is 2.48 bits per heavy atom. The third-order valence-electron chi connectivity index (χ3n) is 14.3. The minimum Gasteiger partial charge on any atom is -0.508 e. The fourth-order valence-corrected chi connectivity index (χ4v) is 11.5. The zero-order chi connectivity index (χ0) is 40.0. The number of fused-ring (bicyclic) bond motifs is 1. The molecule has 1 saturated heterocycles. The molecule has 1 spiro atoms. The average molecular weight is 780 g/mol. The number of allylic oxidation sites excluding steroid dienone is 5. The van der Waals surface area contributed by atoms with Crippen molar-refractivity contribution in [2.45, 2.75) is 103 Å². The number of aliphatic hydroxyl groups is 1. The summed E-state index contributed by atoms with van der Waals surface area (Å²) in [5.74, 6) is 0.730. The molecule has 7 nitrogen and oxygen atoms in total. The standard InChI is InChI=1S/C51H57NO6/c1-3-32(25-33-11-6-4-7-12-33)27-44-51-24-23-39(40-20-21-41-43(22-17-31(2)30-53)57-49(55)46(41)47(40)51)45(48(51)50(56)58-44)42-28-37(54)18-19-38(42)35-14-10-13-34(26-35)29-52-36-15-8-5-9-16-36/h4,6-7,10-14,18-19,22,26-28,31-32,36,39-40,47,52-54H,3,5,8-9,15-17,20-21,23-25,29-30H2,1-2H3. The van der Waals surface area contributed by atoms with Gasteiger partial charge in [0.1, 0.15) is 17.3 Å². The highest BCUT2D eigenvalue weighted by atomic mass is 16.5. The van der Waals surface area contributed by atoms with Gasteiger partial charge in [0.2, 0.25) is 0 Å². The number of carbonyl (C=O) groups is 2. The van der Waals surface area contributed by atoms with E-state index in [4.69, 9.17) is 9.47 Å². The summed E-state index contributed by atoms with van der Waals surface area (Å²) in [6.45, 7) is 5.01. The minimum atomic E-state index is -0.849. The summed E-state index contributed by atoms with van der Waals surface area (Å²) in [7, 11) is 0. The van der Waals surface area contributed by atoms with Crippen LogP contribution in [0.5, 0.6) is 5.75 Å². The van der Waals surface area contributed by atoms with Crippen LogP contribution in [0.4, 0.5) is 0 Å². The first kappa shape index (κ1) is 38.8. The molecule has 2 aliphatic heterocycles. The normalized spacial score (nSPS) is 27.7. The second-order valence-corrected chi connectivity index (χ2v) is 17.9. The summed E-state index contributed by atoms with van der Waals surface area (Å²) in [5, 5.41) is 24.7. The zero-order valence-corrected chi connectivity index (χ0v) is 34.0. The number of phenols is 1. The summed E-state index contributed by atoms with van der Waals surface area (Å²) < 4.78 is 12.7. The first-order valence-corrected chi connectivity index (χ1v) is 21.9. The third kappa shape index (κ3) is 6.88. The third-order valence-corrected chi connectivity index (χ3v) is 14.3. The van der Waals surface area contributed by atoms with E-state index in [1.807, 2.05) is 31.2 Å². The molecule has 6 atom stereocenters. The molecule has 7 heteroatoms. The molecule has 3 aromatic carbocycles. The van der Waals surface area contributed by atoms with E-state index in [9.17, 15) is 19.8 Å². The van der Waals surface area contributed by atoms with E-state index < -0.39 is 5.41 Å². The Labute approximate surface area is 342 Å². The molecular weight excluding hydrogens is 723 g/mol. The first-order chi connectivity index (χ1) is 28.3. The van der Waals surface area contributed by atoms with Crippen LogP contribution in [0.25, 0.3) is 16.7 Å². The maximum Gasteiger partial charge on any atom is 0.340 e. The molecule has 7 aliphatic rings. The molecule has 5 aliphatic carbocycles. The number of esters is 2. The number of benzene rings is 3. The van der Waals surface area contributed by atoms with Gasteiger partial charge in [-0.05, 0) is 145 Å². The Kier molecular flexibility index (Phi) is 10.8. The van der Waals surface area contributed by atoms with Crippen LogP contribution in [-0.2, 0) is 32.0 Å². The van der Waals surface area contributed by atoms with Gasteiger partial charge in [0.05, 0.1) is 11.0 Å². The lowest BCUT2D eigenvalue weighted by atomic mass is 9.44. The van der Waals surface area contributed by atoms with E-state index in [2.05, 4.69) is 66.8 Å². The number of aliphatic hydroxyl groups excluding tert-OH is 1. The van der Waals surface area contributed by atoms with E-state index in [-0.39, 0.29) is 53.9 Å². The van der Waals surface area contributed by atoms with Crippen molar-refractivity contribution in [1.82, 2.24) is 5.32 Å². The van der Waals surface area contributed by atoms with Gasteiger partial charge in [0, 0.05) is 36.3 Å². The van der Waals surface area contributed by atoms with Crippen molar-refractivity contribution < 1.29 is 29.3 Å². The van der Waals surface area contributed by atoms with E-state index in [0.717, 1.165) is 60.1 Å². The Morgan fingerprint density at radius 2 is 1.69 bits per heavy atom. The van der Waals surface area contributed by atoms with Gasteiger partial charge in [-0.1, -0.05) is 87.7 Å². The van der Waals surface area contributed by atoms with Gasteiger partial charge in [-0.3, -0.25) is 0 Å². The first-order valence-electron chi connectivity index (χ1n) is 21.9. The summed E-state index contributed by atoms with van der Waals surface area (Å²) in [6, 6.07) is 25.3. The van der Waals surface area contributed by atoms with E-state index in [1.165, 1.54) is 43.2 Å². The van der Waals surface area contributed by atoms with Crippen molar-refractivity contribution in [2.24, 2.45) is 35.0 Å². The zero-order valence-electron chi connectivity index (χ0n) is 34.0. The number of hydrogen-bond acceptors (Lipinski definition) is 7. The van der Waals surface area contributed by atoms with E-state index in [1.54, 1.807) is 6.07 Å². The van der Waals surface area contributed by atoms with E-state index in [0.29, 0.717) is 48.0 Å². The van der Waals surface area contributed by atoms with Crippen LogP contribution in [0.3, 0.4) is 0 Å². The van der Waals surface area contributed by atoms with Crippen LogP contribution in [0, 0.1) is 35.0 Å². The Hall–Kier alpha value is -4.72. The SMILES string of the molecule is CCC(C=C1OC(=O)C2=C(c3cc(O)ccc3-c3cccc(CNC4CCCCC4)c3)C3CCC12C1C2=C(CCC31)C(=CCC(C)CO)OC2=O)Cc1ccccc1. The van der Waals surface area contributed by atoms with Crippen LogP contribution < -0.4 is 5.32 Å². The monoisotopic (exact) mass is 779 g/mol. The van der Waals surface area contributed by atoms with Gasteiger partial charge >= 0.3 is 11.9 Å². The topological polar surface area (TPSA) is 105 Å². The van der Waals surface area contributed by atoms with Crippen molar-refractivity contribution in [3.8, 4) is 16.9 Å². The lowest BCUT2D eigenvalue weighted by Gasteiger charge is -2.56. The molecule has 58 heavy (non-hydrogen) atoms. The summed E-state index contributed by atoms with van der Waals surface area (Å²) >= 11 is 0. The fraction of sp³-hybridized carbons (Fsp3) is 0.451. The number of rotatable bonds is 12. The number of aromatic hydroxyl groups is 1. The summed E-state index contributed by atoms with van der Waals surface area (Å²) in [6.07, 6.45) is 15.9. The molecule has 6 unspecified atom stereocenters. The molecule has 0 radical (unpaired) electrons. The highest BCUT2D eigenvalue weighted by Crippen LogP contribution is 2.72. The maximum absolute atomic E-state index is 14.8. The number of cyclic esters (lactones) is 2. The van der Waals surface area contributed by atoms with Gasteiger partial charge in [0.25, 0.3) is 0 Å². The minimum absolute atomic E-state index is 0.0129. The van der Waals surface area contributed by atoms with Gasteiger partial charge in [-0.2, -0.15) is 0 Å². The van der Waals surface area contributed by atoms with Gasteiger partial charge in [-0.25, -0.2) is 9.59 Å². The second-order valence-electron chi connectivity index (χ2n) is 17.9. The van der Waals surface area contributed by atoms with E-state index >= 15 is 0 Å².